The molecule has 0 aliphatic rings. The summed E-state index contributed by atoms with van der Waals surface area (Å²) in [6.45, 7) is 6.87. The molecule has 2 aromatic carbocycles. The number of nitrogens with one attached hydrogen (secondary N) is 1. The maximum atomic E-state index is 12.6. The quantitative estimate of drug-likeness (QED) is 0.658. The van der Waals surface area contributed by atoms with E-state index in [1.165, 1.54) is 26.2 Å². The number of nitrogens with zero attached hydrogens (tertiary/aromatic N) is 2. The molecular formula is C22H31N3O4S. The first-order chi connectivity index (χ1) is 14.0. The van der Waals surface area contributed by atoms with Crippen LogP contribution in [0.5, 0.6) is 5.75 Å². The fourth-order valence-corrected chi connectivity index (χ4v) is 3.86. The first-order valence-corrected chi connectivity index (χ1v) is 11.2. The molecule has 0 saturated carbocycles. The number of carbonyl (C=O) groups is 1. The third-order valence-corrected chi connectivity index (χ3v) is 6.64. The molecule has 7 nitrogen and oxygen atoms in total. The summed E-state index contributed by atoms with van der Waals surface area (Å²) in [5, 5.41) is 2.79. The number of rotatable bonds is 9. The third-order valence-electron chi connectivity index (χ3n) is 4.83. The van der Waals surface area contributed by atoms with Gasteiger partial charge in [0.05, 0.1) is 10.9 Å². The number of benzene rings is 2. The molecule has 0 aliphatic carbocycles. The normalized spacial score (nSPS) is 12.8. The lowest BCUT2D eigenvalue weighted by atomic mass is 10.1. The van der Waals surface area contributed by atoms with Crippen LogP contribution in [0.1, 0.15) is 18.1 Å². The standard InChI is InChI=1S/C22H31N3O4S/c1-16-12-17(2)14-20(13-16)29-11-10-25(6)18(3)22(26)23-19-8-7-9-21(15-19)30(27,28)24(4)5/h7-9,12-15,18H,10-11H2,1-6H3,(H,23,26). The van der Waals surface area contributed by atoms with Gasteiger partial charge in [-0.05, 0) is 69.3 Å². The molecule has 0 radical (unpaired) electrons. The summed E-state index contributed by atoms with van der Waals surface area (Å²) in [5.41, 5.74) is 2.73. The van der Waals surface area contributed by atoms with Gasteiger partial charge in [0.15, 0.2) is 0 Å². The molecule has 0 aromatic heterocycles. The fraction of sp³-hybridized carbons (Fsp3) is 0.409. The van der Waals surface area contributed by atoms with Gasteiger partial charge in [-0.1, -0.05) is 12.1 Å². The molecule has 0 fully saturated rings. The van der Waals surface area contributed by atoms with Gasteiger partial charge in [0.2, 0.25) is 15.9 Å². The van der Waals surface area contributed by atoms with Crippen LogP contribution in [0.2, 0.25) is 0 Å². The van der Waals surface area contributed by atoms with Crippen LogP contribution in [0, 0.1) is 13.8 Å². The Balaban J connectivity index is 1.93. The number of aryl methyl sites for hydroxylation is 2. The smallest absolute Gasteiger partial charge is 0.242 e. The van der Waals surface area contributed by atoms with Crippen molar-refractivity contribution in [1.29, 1.82) is 0 Å². The van der Waals surface area contributed by atoms with E-state index in [1.54, 1.807) is 19.1 Å². The van der Waals surface area contributed by atoms with Crippen LogP contribution >= 0.6 is 0 Å². The Morgan fingerprint density at radius 3 is 2.30 bits per heavy atom. The summed E-state index contributed by atoms with van der Waals surface area (Å²) >= 11 is 0. The van der Waals surface area contributed by atoms with Crippen LogP contribution < -0.4 is 10.1 Å². The molecule has 0 spiro atoms. The number of anilines is 1. The van der Waals surface area contributed by atoms with Crippen LogP contribution in [-0.2, 0) is 14.8 Å². The second-order valence-electron chi connectivity index (χ2n) is 7.63. The van der Waals surface area contributed by atoms with Gasteiger partial charge in [0, 0.05) is 26.3 Å². The third kappa shape index (κ3) is 6.29. The van der Waals surface area contributed by atoms with Gasteiger partial charge in [-0.25, -0.2) is 12.7 Å². The van der Waals surface area contributed by atoms with Crippen LogP contribution in [0.15, 0.2) is 47.4 Å². The van der Waals surface area contributed by atoms with E-state index in [9.17, 15) is 13.2 Å². The Hall–Kier alpha value is -2.42. The molecule has 0 aliphatic heterocycles. The largest absolute Gasteiger partial charge is 0.492 e. The topological polar surface area (TPSA) is 79.0 Å². The molecule has 30 heavy (non-hydrogen) atoms. The maximum absolute atomic E-state index is 12.6. The molecule has 1 amide bonds. The van der Waals surface area contributed by atoms with Crippen molar-refractivity contribution >= 4 is 21.6 Å². The van der Waals surface area contributed by atoms with E-state index in [2.05, 4.69) is 11.4 Å². The van der Waals surface area contributed by atoms with E-state index >= 15 is 0 Å². The molecule has 1 N–H and O–H groups in total. The average Bonchev–Trinajstić information content (AvgIpc) is 2.66. The minimum absolute atomic E-state index is 0.133. The van der Waals surface area contributed by atoms with E-state index in [0.717, 1.165) is 21.2 Å². The van der Waals surface area contributed by atoms with Crippen molar-refractivity contribution in [2.75, 3.05) is 39.6 Å². The fourth-order valence-electron chi connectivity index (χ4n) is 2.91. The van der Waals surface area contributed by atoms with Crippen LogP contribution in [0.25, 0.3) is 0 Å². The number of likely N-dealkylation sites (N-methyl/N-ethyl adjacent to an activating group) is 1. The van der Waals surface area contributed by atoms with Gasteiger partial charge in [0.1, 0.15) is 12.4 Å². The van der Waals surface area contributed by atoms with Gasteiger partial charge in [-0.2, -0.15) is 0 Å². The minimum atomic E-state index is -3.56. The highest BCUT2D eigenvalue weighted by Gasteiger charge is 2.20. The predicted octanol–water partition coefficient (Wildman–Crippen LogP) is 2.89. The lowest BCUT2D eigenvalue weighted by molar-refractivity contribution is -0.120. The number of hydrogen-bond donors (Lipinski definition) is 1. The van der Waals surface area contributed by atoms with E-state index < -0.39 is 16.1 Å². The van der Waals surface area contributed by atoms with Crippen LogP contribution in [0.3, 0.4) is 0 Å². The van der Waals surface area contributed by atoms with Crippen LogP contribution in [-0.4, -0.2) is 63.9 Å². The number of hydrogen-bond acceptors (Lipinski definition) is 5. The zero-order valence-corrected chi connectivity index (χ0v) is 19.3. The Labute approximate surface area is 179 Å². The molecule has 0 bridgehead atoms. The molecule has 164 valence electrons. The van der Waals surface area contributed by atoms with Crippen molar-refractivity contribution < 1.29 is 17.9 Å². The summed E-state index contributed by atoms with van der Waals surface area (Å²) in [6.07, 6.45) is 0. The number of carbonyl (C=O) groups excluding carboxylic acids is 1. The highest BCUT2D eigenvalue weighted by molar-refractivity contribution is 7.89. The second-order valence-corrected chi connectivity index (χ2v) is 9.78. The van der Waals surface area contributed by atoms with E-state index in [0.29, 0.717) is 18.8 Å². The minimum Gasteiger partial charge on any atom is -0.492 e. The first kappa shape index (κ1) is 23.9. The Morgan fingerprint density at radius 1 is 1.07 bits per heavy atom. The summed E-state index contributed by atoms with van der Waals surface area (Å²) in [4.78, 5) is 14.6. The maximum Gasteiger partial charge on any atom is 0.242 e. The molecule has 2 aromatic rings. The van der Waals surface area contributed by atoms with Gasteiger partial charge < -0.3 is 10.1 Å². The van der Waals surface area contributed by atoms with E-state index in [1.807, 2.05) is 37.9 Å². The summed E-state index contributed by atoms with van der Waals surface area (Å²) in [7, 11) is 1.23. The van der Waals surface area contributed by atoms with Gasteiger partial charge in [-0.15, -0.1) is 0 Å². The average molecular weight is 434 g/mol. The monoisotopic (exact) mass is 433 g/mol. The zero-order valence-electron chi connectivity index (χ0n) is 18.5. The van der Waals surface area contributed by atoms with Crippen molar-refractivity contribution in [3.05, 3.63) is 53.6 Å². The van der Waals surface area contributed by atoms with Crippen molar-refractivity contribution in [3.8, 4) is 5.75 Å². The number of amides is 1. The van der Waals surface area contributed by atoms with Crippen molar-refractivity contribution in [1.82, 2.24) is 9.21 Å². The Morgan fingerprint density at radius 2 is 1.70 bits per heavy atom. The molecule has 0 heterocycles. The van der Waals surface area contributed by atoms with Crippen molar-refractivity contribution in [2.45, 2.75) is 31.7 Å². The SMILES string of the molecule is Cc1cc(C)cc(OCCN(C)C(C)C(=O)Nc2cccc(S(=O)(=O)N(C)C)c2)c1. The Kier molecular flexibility index (Phi) is 8.00. The first-order valence-electron chi connectivity index (χ1n) is 9.75. The molecule has 1 atom stereocenters. The molecular weight excluding hydrogens is 402 g/mol. The molecule has 2 rings (SSSR count). The van der Waals surface area contributed by atoms with E-state index in [-0.39, 0.29) is 10.8 Å². The lowest BCUT2D eigenvalue weighted by Gasteiger charge is -2.24. The molecule has 0 saturated heterocycles. The Bertz CT molecular complexity index is 969. The summed E-state index contributed by atoms with van der Waals surface area (Å²) in [6, 6.07) is 11.9. The molecule has 8 heteroatoms. The van der Waals surface area contributed by atoms with Gasteiger partial charge in [-0.3, -0.25) is 9.69 Å². The number of ether oxygens (including phenoxy) is 1. The summed E-state index contributed by atoms with van der Waals surface area (Å²) in [5.74, 6) is 0.597. The summed E-state index contributed by atoms with van der Waals surface area (Å²) < 4.78 is 31.5. The zero-order chi connectivity index (χ0) is 22.5. The molecule has 1 unspecified atom stereocenters. The van der Waals surface area contributed by atoms with Gasteiger partial charge in [0.25, 0.3) is 0 Å². The highest BCUT2D eigenvalue weighted by Crippen LogP contribution is 2.19. The van der Waals surface area contributed by atoms with Crippen molar-refractivity contribution in [2.24, 2.45) is 0 Å². The number of sulfonamides is 1. The highest BCUT2D eigenvalue weighted by atomic mass is 32.2. The van der Waals surface area contributed by atoms with Crippen molar-refractivity contribution in [3.63, 3.8) is 0 Å². The lowest BCUT2D eigenvalue weighted by Crippen LogP contribution is -2.41. The predicted molar refractivity (Wildman–Crippen MR) is 119 cm³/mol. The second kappa shape index (κ2) is 10.1. The van der Waals surface area contributed by atoms with Crippen LogP contribution in [0.4, 0.5) is 5.69 Å². The van der Waals surface area contributed by atoms with E-state index in [4.69, 9.17) is 4.74 Å². The van der Waals surface area contributed by atoms with Gasteiger partial charge >= 0.3 is 0 Å².